The van der Waals surface area contributed by atoms with Crippen molar-refractivity contribution in [2.45, 2.75) is 0 Å². The summed E-state index contributed by atoms with van der Waals surface area (Å²) < 4.78 is 20.0. The molecule has 0 saturated carbocycles. The second-order valence-corrected chi connectivity index (χ2v) is 5.76. The number of halogens is 2. The SMILES string of the molecule is O=C(COc1ccc2cc(Br)ccc2c1)c1ccccc1F. The lowest BCUT2D eigenvalue weighted by atomic mass is 10.1. The molecule has 0 aliphatic rings. The van der Waals surface area contributed by atoms with E-state index in [-0.39, 0.29) is 18.0 Å². The highest BCUT2D eigenvalue weighted by molar-refractivity contribution is 9.10. The molecule has 3 aromatic carbocycles. The number of hydrogen-bond acceptors (Lipinski definition) is 2. The Kier molecular flexibility index (Phi) is 4.20. The molecule has 3 aromatic rings. The minimum absolute atomic E-state index is 0.0484. The maximum atomic E-state index is 13.5. The number of hydrogen-bond donors (Lipinski definition) is 0. The molecule has 0 aliphatic heterocycles. The van der Waals surface area contributed by atoms with Crippen LogP contribution in [0.4, 0.5) is 4.39 Å². The van der Waals surface area contributed by atoms with Crippen molar-refractivity contribution in [3.63, 3.8) is 0 Å². The number of carbonyl (C=O) groups excluding carboxylic acids is 1. The molecule has 110 valence electrons. The van der Waals surface area contributed by atoms with E-state index >= 15 is 0 Å². The van der Waals surface area contributed by atoms with Gasteiger partial charge in [-0.05, 0) is 47.2 Å². The van der Waals surface area contributed by atoms with Gasteiger partial charge in [0.2, 0.25) is 5.78 Å². The van der Waals surface area contributed by atoms with Crippen LogP contribution in [0, 0.1) is 5.82 Å². The first kappa shape index (κ1) is 14.7. The monoisotopic (exact) mass is 358 g/mol. The number of carbonyl (C=O) groups is 1. The predicted octanol–water partition coefficient (Wildman–Crippen LogP) is 5.00. The third-order valence-electron chi connectivity index (χ3n) is 3.32. The molecule has 0 heterocycles. The number of ether oxygens (including phenoxy) is 1. The van der Waals surface area contributed by atoms with E-state index in [1.807, 2.05) is 30.3 Å². The maximum absolute atomic E-state index is 13.5. The van der Waals surface area contributed by atoms with E-state index in [0.717, 1.165) is 15.2 Å². The quantitative estimate of drug-likeness (QED) is 0.613. The van der Waals surface area contributed by atoms with Crippen LogP contribution < -0.4 is 4.74 Å². The fraction of sp³-hybridized carbons (Fsp3) is 0.0556. The van der Waals surface area contributed by atoms with Crippen molar-refractivity contribution in [1.29, 1.82) is 0 Å². The molecular formula is C18H12BrFO2. The third kappa shape index (κ3) is 3.17. The molecule has 0 saturated heterocycles. The van der Waals surface area contributed by atoms with Crippen molar-refractivity contribution in [3.8, 4) is 5.75 Å². The van der Waals surface area contributed by atoms with Crippen LogP contribution in [0.15, 0.2) is 65.1 Å². The van der Waals surface area contributed by atoms with E-state index < -0.39 is 5.82 Å². The van der Waals surface area contributed by atoms with Crippen LogP contribution in [0.2, 0.25) is 0 Å². The second-order valence-electron chi connectivity index (χ2n) is 4.84. The Morgan fingerprint density at radius 2 is 1.73 bits per heavy atom. The first-order valence-corrected chi connectivity index (χ1v) is 7.52. The summed E-state index contributed by atoms with van der Waals surface area (Å²) in [7, 11) is 0. The molecule has 4 heteroatoms. The minimum Gasteiger partial charge on any atom is -0.485 e. The van der Waals surface area contributed by atoms with Crippen LogP contribution in [0.3, 0.4) is 0 Å². The molecule has 0 unspecified atom stereocenters. The largest absolute Gasteiger partial charge is 0.485 e. The van der Waals surface area contributed by atoms with Gasteiger partial charge >= 0.3 is 0 Å². The van der Waals surface area contributed by atoms with Crippen molar-refractivity contribution in [2.75, 3.05) is 6.61 Å². The summed E-state index contributed by atoms with van der Waals surface area (Å²) in [5.74, 6) is -0.326. The van der Waals surface area contributed by atoms with Gasteiger partial charge in [0.25, 0.3) is 0 Å². The molecule has 0 spiro atoms. The van der Waals surface area contributed by atoms with E-state index in [0.29, 0.717) is 5.75 Å². The van der Waals surface area contributed by atoms with Gasteiger partial charge in [-0.2, -0.15) is 0 Å². The van der Waals surface area contributed by atoms with Gasteiger partial charge < -0.3 is 4.74 Å². The van der Waals surface area contributed by atoms with Gasteiger partial charge in [-0.25, -0.2) is 4.39 Å². The van der Waals surface area contributed by atoms with Gasteiger partial charge in [-0.15, -0.1) is 0 Å². The van der Waals surface area contributed by atoms with Crippen molar-refractivity contribution in [3.05, 3.63) is 76.5 Å². The lowest BCUT2D eigenvalue weighted by molar-refractivity contribution is 0.0917. The number of fused-ring (bicyclic) bond motifs is 1. The lowest BCUT2D eigenvalue weighted by Gasteiger charge is -2.07. The maximum Gasteiger partial charge on any atom is 0.203 e. The zero-order valence-corrected chi connectivity index (χ0v) is 13.1. The Morgan fingerprint density at radius 1 is 1.00 bits per heavy atom. The van der Waals surface area contributed by atoms with E-state index in [4.69, 9.17) is 4.74 Å². The second kappa shape index (κ2) is 6.28. The summed E-state index contributed by atoms with van der Waals surface area (Å²) in [6, 6.07) is 17.4. The lowest BCUT2D eigenvalue weighted by Crippen LogP contribution is -2.13. The Hall–Kier alpha value is -2.20. The van der Waals surface area contributed by atoms with Gasteiger partial charge in [0.05, 0.1) is 5.56 Å². The van der Waals surface area contributed by atoms with Crippen LogP contribution in [-0.4, -0.2) is 12.4 Å². The van der Waals surface area contributed by atoms with Crippen LogP contribution in [0.1, 0.15) is 10.4 Å². The number of ketones is 1. The Bertz CT molecular complexity index is 845. The molecule has 0 bridgehead atoms. The zero-order valence-electron chi connectivity index (χ0n) is 11.6. The summed E-state index contributed by atoms with van der Waals surface area (Å²) in [4.78, 5) is 12.0. The van der Waals surface area contributed by atoms with Gasteiger partial charge in [0.1, 0.15) is 11.6 Å². The fourth-order valence-corrected chi connectivity index (χ4v) is 2.58. The molecule has 0 amide bonds. The van der Waals surface area contributed by atoms with E-state index in [1.54, 1.807) is 18.2 Å². The topological polar surface area (TPSA) is 26.3 Å². The van der Waals surface area contributed by atoms with Crippen molar-refractivity contribution in [2.24, 2.45) is 0 Å². The molecule has 2 nitrogen and oxygen atoms in total. The Balaban J connectivity index is 1.75. The molecule has 0 radical (unpaired) electrons. The average molecular weight is 359 g/mol. The standard InChI is InChI=1S/C18H12BrFO2/c19-14-7-5-13-10-15(8-6-12(13)9-14)22-11-18(21)16-3-1-2-4-17(16)20/h1-10H,11H2. The first-order chi connectivity index (χ1) is 10.6. The molecule has 0 fully saturated rings. The molecule has 22 heavy (non-hydrogen) atoms. The minimum atomic E-state index is -0.528. The van der Waals surface area contributed by atoms with Gasteiger partial charge in [-0.3, -0.25) is 4.79 Å². The number of benzene rings is 3. The zero-order chi connectivity index (χ0) is 15.5. The highest BCUT2D eigenvalue weighted by Gasteiger charge is 2.11. The Morgan fingerprint density at radius 3 is 2.55 bits per heavy atom. The number of rotatable bonds is 4. The van der Waals surface area contributed by atoms with Crippen LogP contribution in [0.5, 0.6) is 5.75 Å². The summed E-state index contributed by atoms with van der Waals surface area (Å²) >= 11 is 3.42. The molecule has 0 N–H and O–H groups in total. The van der Waals surface area contributed by atoms with Crippen LogP contribution in [0.25, 0.3) is 10.8 Å². The van der Waals surface area contributed by atoms with E-state index in [1.165, 1.54) is 12.1 Å². The molecule has 3 rings (SSSR count). The van der Waals surface area contributed by atoms with Crippen LogP contribution in [-0.2, 0) is 0 Å². The average Bonchev–Trinajstić information content (AvgIpc) is 2.53. The Labute approximate surface area is 135 Å². The normalized spacial score (nSPS) is 10.6. The van der Waals surface area contributed by atoms with Crippen LogP contribution >= 0.6 is 15.9 Å². The fourth-order valence-electron chi connectivity index (χ4n) is 2.20. The molecule has 0 aromatic heterocycles. The van der Waals surface area contributed by atoms with Crippen molar-refractivity contribution >= 4 is 32.5 Å². The van der Waals surface area contributed by atoms with E-state index in [9.17, 15) is 9.18 Å². The summed E-state index contributed by atoms with van der Waals surface area (Å²) in [6.45, 7) is -0.191. The summed E-state index contributed by atoms with van der Waals surface area (Å²) in [6.07, 6.45) is 0. The molecular weight excluding hydrogens is 347 g/mol. The third-order valence-corrected chi connectivity index (χ3v) is 3.81. The highest BCUT2D eigenvalue weighted by atomic mass is 79.9. The van der Waals surface area contributed by atoms with Gasteiger partial charge in [0.15, 0.2) is 6.61 Å². The highest BCUT2D eigenvalue weighted by Crippen LogP contribution is 2.24. The van der Waals surface area contributed by atoms with Gasteiger partial charge in [0, 0.05) is 4.47 Å². The summed E-state index contributed by atoms with van der Waals surface area (Å²) in [5, 5.41) is 2.08. The summed E-state index contributed by atoms with van der Waals surface area (Å²) in [5.41, 5.74) is 0.0484. The molecule has 0 atom stereocenters. The smallest absolute Gasteiger partial charge is 0.203 e. The molecule has 0 aliphatic carbocycles. The van der Waals surface area contributed by atoms with Gasteiger partial charge in [-0.1, -0.05) is 40.2 Å². The van der Waals surface area contributed by atoms with Crippen molar-refractivity contribution < 1.29 is 13.9 Å². The number of Topliss-reactive ketones (excluding diaryl/α,β-unsaturated/α-hetero) is 1. The van der Waals surface area contributed by atoms with Crippen molar-refractivity contribution in [1.82, 2.24) is 0 Å². The first-order valence-electron chi connectivity index (χ1n) is 6.73. The van der Waals surface area contributed by atoms with E-state index in [2.05, 4.69) is 15.9 Å². The predicted molar refractivity (Wildman–Crippen MR) is 87.9 cm³/mol.